The van der Waals surface area contributed by atoms with Gasteiger partial charge in [-0.05, 0) is 117 Å². The van der Waals surface area contributed by atoms with Gasteiger partial charge in [0.1, 0.15) is 0 Å². The van der Waals surface area contributed by atoms with Gasteiger partial charge >= 0.3 is 26.2 Å². The molecule has 0 amide bonds. The van der Waals surface area contributed by atoms with Crippen LogP contribution >= 0.6 is 0 Å². The molecule has 1 saturated carbocycles. The molecule has 0 nitrogen and oxygen atoms in total. The van der Waals surface area contributed by atoms with E-state index in [0.29, 0.717) is 5.92 Å². The maximum absolute atomic E-state index is 2.71. The number of allylic oxidation sites excluding steroid dienone is 4. The van der Waals surface area contributed by atoms with Gasteiger partial charge < -0.3 is 24.8 Å². The standard InChI is InChI=1S/C41H56.2ClH.Zr/c1-23-14-15-33-29(16-23)30-19-26(38(4,5)6)20-36(30)41(33,13)37-31-17-24(2)34(39(7,8)9)21-27(31)28-22-35(40(10,11)12)25(3)18-32(28)37;;;/h17-18,20-23,29,33,37H,14-16,19H2,1-13H3;2*1H;/q;;;+2/p-2. The molecule has 0 aromatic heterocycles. The molecule has 0 spiro atoms. The van der Waals surface area contributed by atoms with Crippen LogP contribution in [0.2, 0.25) is 0 Å². The van der Waals surface area contributed by atoms with Crippen molar-refractivity contribution in [3.05, 3.63) is 80.4 Å². The molecule has 238 valence electrons. The van der Waals surface area contributed by atoms with Crippen molar-refractivity contribution in [3.8, 4) is 11.1 Å². The smallest absolute Gasteiger partial charge is 1.00 e. The minimum Gasteiger partial charge on any atom is -1.00 e. The molecule has 3 heteroatoms. The first-order chi connectivity index (χ1) is 18.8. The second-order valence-electron chi connectivity index (χ2n) is 17.9. The Hall–Kier alpha value is -0.617. The molecule has 4 aliphatic rings. The molecular weight excluding hydrogens is 655 g/mol. The van der Waals surface area contributed by atoms with Gasteiger partial charge in [0.05, 0.1) is 0 Å². The minimum absolute atomic E-state index is 0. The van der Waals surface area contributed by atoms with E-state index in [1.165, 1.54) is 59.1 Å². The number of fused-ring (bicyclic) bond motifs is 5. The van der Waals surface area contributed by atoms with Gasteiger partial charge in [-0.1, -0.05) is 124 Å². The predicted octanol–water partition coefficient (Wildman–Crippen LogP) is 5.76. The zero-order valence-electron chi connectivity index (χ0n) is 29.8. The van der Waals surface area contributed by atoms with Crippen LogP contribution in [0.1, 0.15) is 141 Å². The third-order valence-electron chi connectivity index (χ3n) is 11.8. The van der Waals surface area contributed by atoms with Gasteiger partial charge in [0.25, 0.3) is 0 Å². The molecule has 2 aromatic carbocycles. The number of halogens is 2. The Labute approximate surface area is 301 Å². The van der Waals surface area contributed by atoms with E-state index in [1.54, 1.807) is 22.3 Å². The van der Waals surface area contributed by atoms with Crippen LogP contribution in [0.3, 0.4) is 0 Å². The molecule has 0 aliphatic heterocycles. The molecule has 6 rings (SSSR count). The van der Waals surface area contributed by atoms with Crippen molar-refractivity contribution in [2.45, 2.75) is 132 Å². The largest absolute Gasteiger partial charge is 2.00 e. The molecule has 2 aromatic rings. The SMILES string of the molecule is Cc1cc2c(cc1C(C)(C)C)-c1cc(C(C)(C)C)c(C)cc1C2C1(C)C2=C(CC(C(C)(C)C)=C2)C2CC(C)CCC21.[Cl-].[Cl-].[Zr+2]. The number of aryl methyl sites for hydroxylation is 2. The van der Waals surface area contributed by atoms with Crippen LogP contribution in [0.25, 0.3) is 11.1 Å². The van der Waals surface area contributed by atoms with Crippen molar-refractivity contribution >= 4 is 0 Å². The average molecular weight is 711 g/mol. The average Bonchev–Trinajstić information content (AvgIpc) is 3.46. The molecule has 0 saturated heterocycles. The summed E-state index contributed by atoms with van der Waals surface area (Å²) in [4.78, 5) is 0. The normalized spacial score (nSPS) is 26.1. The summed E-state index contributed by atoms with van der Waals surface area (Å²) in [6, 6.07) is 10.5. The first-order valence-electron chi connectivity index (χ1n) is 16.6. The van der Waals surface area contributed by atoms with Crippen molar-refractivity contribution < 1.29 is 51.0 Å². The third kappa shape index (κ3) is 5.75. The Kier molecular flexibility index (Phi) is 10.4. The van der Waals surface area contributed by atoms with E-state index in [4.69, 9.17) is 0 Å². The number of hydrogen-bond donors (Lipinski definition) is 0. The van der Waals surface area contributed by atoms with E-state index in [1.807, 2.05) is 5.57 Å². The Morgan fingerprint density at radius 2 is 1.18 bits per heavy atom. The summed E-state index contributed by atoms with van der Waals surface area (Å²) in [5, 5.41) is 0. The Morgan fingerprint density at radius 3 is 1.61 bits per heavy atom. The summed E-state index contributed by atoms with van der Waals surface area (Å²) in [5.74, 6) is 2.72. The fourth-order valence-corrected chi connectivity index (χ4v) is 9.82. The molecule has 0 radical (unpaired) electrons. The minimum atomic E-state index is 0. The van der Waals surface area contributed by atoms with Crippen molar-refractivity contribution in [3.63, 3.8) is 0 Å². The number of hydrogen-bond acceptors (Lipinski definition) is 0. The predicted molar refractivity (Wildman–Crippen MR) is 178 cm³/mol. The zero-order valence-corrected chi connectivity index (χ0v) is 33.8. The van der Waals surface area contributed by atoms with E-state index < -0.39 is 0 Å². The van der Waals surface area contributed by atoms with Crippen LogP contribution in [-0.2, 0) is 37.0 Å². The third-order valence-corrected chi connectivity index (χ3v) is 11.8. The van der Waals surface area contributed by atoms with Gasteiger partial charge in [-0.25, -0.2) is 0 Å². The molecule has 4 aliphatic carbocycles. The molecule has 4 atom stereocenters. The quantitative estimate of drug-likeness (QED) is 0.354. The maximum Gasteiger partial charge on any atom is 2.00 e. The van der Waals surface area contributed by atoms with Crippen molar-refractivity contribution in [1.82, 2.24) is 0 Å². The maximum atomic E-state index is 2.71. The van der Waals surface area contributed by atoms with Gasteiger partial charge in [0.2, 0.25) is 0 Å². The summed E-state index contributed by atoms with van der Waals surface area (Å²) in [6.45, 7) is 31.5. The molecule has 0 bridgehead atoms. The summed E-state index contributed by atoms with van der Waals surface area (Å²) >= 11 is 0. The Morgan fingerprint density at radius 1 is 0.705 bits per heavy atom. The molecule has 1 fully saturated rings. The monoisotopic (exact) mass is 708 g/mol. The first kappa shape index (κ1) is 37.8. The van der Waals surface area contributed by atoms with Gasteiger partial charge in [-0.15, -0.1) is 0 Å². The van der Waals surface area contributed by atoms with Gasteiger partial charge in [-0.3, -0.25) is 0 Å². The van der Waals surface area contributed by atoms with Crippen molar-refractivity contribution in [1.29, 1.82) is 0 Å². The van der Waals surface area contributed by atoms with Gasteiger partial charge in [0, 0.05) is 11.3 Å². The summed E-state index contributed by atoms with van der Waals surface area (Å²) < 4.78 is 0. The second kappa shape index (κ2) is 12.1. The van der Waals surface area contributed by atoms with Crippen LogP contribution in [0.4, 0.5) is 0 Å². The second-order valence-corrected chi connectivity index (χ2v) is 17.9. The van der Waals surface area contributed by atoms with E-state index in [9.17, 15) is 0 Å². The number of rotatable bonds is 1. The van der Waals surface area contributed by atoms with Crippen LogP contribution in [0.15, 0.2) is 47.1 Å². The molecule has 0 N–H and O–H groups in total. The Balaban J connectivity index is 0.00000176. The fraction of sp³-hybridized carbons (Fsp3) is 0.610. The van der Waals surface area contributed by atoms with Crippen LogP contribution in [0.5, 0.6) is 0 Å². The van der Waals surface area contributed by atoms with Gasteiger partial charge in [0.15, 0.2) is 0 Å². The first-order valence-corrected chi connectivity index (χ1v) is 16.6. The Bertz CT molecular complexity index is 1430. The van der Waals surface area contributed by atoms with Crippen molar-refractivity contribution in [2.24, 2.45) is 28.6 Å². The van der Waals surface area contributed by atoms with E-state index in [2.05, 4.69) is 120 Å². The van der Waals surface area contributed by atoms with Gasteiger partial charge in [-0.2, -0.15) is 0 Å². The summed E-state index contributed by atoms with van der Waals surface area (Å²) in [7, 11) is 0. The van der Waals surface area contributed by atoms with Crippen LogP contribution < -0.4 is 24.8 Å². The molecule has 44 heavy (non-hydrogen) atoms. The van der Waals surface area contributed by atoms with E-state index >= 15 is 0 Å². The molecule has 0 heterocycles. The number of benzene rings is 2. The van der Waals surface area contributed by atoms with E-state index in [-0.39, 0.29) is 72.7 Å². The molecule has 4 unspecified atom stereocenters. The summed E-state index contributed by atoms with van der Waals surface area (Å²) in [6.07, 6.45) is 8.04. The van der Waals surface area contributed by atoms with Crippen LogP contribution in [0, 0.1) is 42.4 Å². The summed E-state index contributed by atoms with van der Waals surface area (Å²) in [5.41, 5.74) is 17.9. The van der Waals surface area contributed by atoms with Crippen molar-refractivity contribution in [2.75, 3.05) is 0 Å². The van der Waals surface area contributed by atoms with E-state index in [0.717, 1.165) is 17.8 Å². The van der Waals surface area contributed by atoms with Crippen LogP contribution in [-0.4, -0.2) is 0 Å². The fourth-order valence-electron chi connectivity index (χ4n) is 9.82. The zero-order chi connectivity index (χ0) is 30.0. The molecular formula is C41H56Cl2Zr. The topological polar surface area (TPSA) is 0 Å².